The number of hydrogen-bond acceptors (Lipinski definition) is 2. The minimum absolute atomic E-state index is 0.153. The van der Waals surface area contributed by atoms with Crippen LogP contribution in [0.15, 0.2) is 6.20 Å². The summed E-state index contributed by atoms with van der Waals surface area (Å²) in [5, 5.41) is 0. The zero-order valence-electron chi connectivity index (χ0n) is 8.38. The third-order valence-corrected chi connectivity index (χ3v) is 3.06. The minimum atomic E-state index is 0.153. The van der Waals surface area contributed by atoms with E-state index in [0.29, 0.717) is 0 Å². The highest BCUT2D eigenvalue weighted by atomic mass is 15.1. The molecule has 1 heterocycles. The lowest BCUT2D eigenvalue weighted by Crippen LogP contribution is -2.22. The monoisotopic (exact) mass is 179 g/mol. The summed E-state index contributed by atoms with van der Waals surface area (Å²) in [6, 6.07) is 0. The molecule has 0 saturated heterocycles. The molecular weight excluding hydrogens is 162 g/mol. The number of aryl methyl sites for hydroxylation is 2. The molecule has 72 valence electrons. The summed E-state index contributed by atoms with van der Waals surface area (Å²) in [7, 11) is 2.06. The van der Waals surface area contributed by atoms with Gasteiger partial charge in [-0.05, 0) is 26.2 Å². The van der Waals surface area contributed by atoms with Crippen molar-refractivity contribution < 1.29 is 0 Å². The van der Waals surface area contributed by atoms with Crippen LogP contribution in [0.4, 0.5) is 0 Å². The number of rotatable bonds is 3. The third-order valence-electron chi connectivity index (χ3n) is 3.06. The topological polar surface area (TPSA) is 43.8 Å². The molecule has 0 aliphatic heterocycles. The van der Waals surface area contributed by atoms with Gasteiger partial charge in [0.2, 0.25) is 0 Å². The van der Waals surface area contributed by atoms with E-state index in [1.54, 1.807) is 0 Å². The molecule has 0 aromatic carbocycles. The second kappa shape index (κ2) is 2.84. The number of imidazole rings is 1. The molecule has 1 aliphatic carbocycles. The largest absolute Gasteiger partial charge is 0.335 e. The highest BCUT2D eigenvalue weighted by molar-refractivity contribution is 5.06. The van der Waals surface area contributed by atoms with Gasteiger partial charge in [-0.15, -0.1) is 0 Å². The van der Waals surface area contributed by atoms with E-state index in [2.05, 4.69) is 23.5 Å². The van der Waals surface area contributed by atoms with Crippen LogP contribution in [0.3, 0.4) is 0 Å². The molecule has 0 spiro atoms. The first kappa shape index (κ1) is 8.75. The smallest absolute Gasteiger partial charge is 0.108 e. The summed E-state index contributed by atoms with van der Waals surface area (Å²) >= 11 is 0. The highest BCUT2D eigenvalue weighted by Crippen LogP contribution is 2.36. The third kappa shape index (κ3) is 1.75. The average Bonchev–Trinajstić information content (AvgIpc) is 2.75. The van der Waals surface area contributed by atoms with Gasteiger partial charge in [0, 0.05) is 30.9 Å². The molecular formula is C10H17N3. The zero-order valence-corrected chi connectivity index (χ0v) is 8.38. The Hall–Kier alpha value is -0.830. The lowest BCUT2D eigenvalue weighted by atomic mass is 10.1. The predicted octanol–water partition coefficient (Wildman–Crippen LogP) is 1.15. The van der Waals surface area contributed by atoms with Crippen molar-refractivity contribution in [1.29, 1.82) is 0 Å². The molecule has 1 aliphatic rings. The standard InChI is InChI=1S/C10H17N3/c1-8-7-12-9(13(8)2)3-4-10(11)5-6-10/h7H,3-6,11H2,1-2H3. The van der Waals surface area contributed by atoms with E-state index in [0.717, 1.165) is 18.7 Å². The molecule has 13 heavy (non-hydrogen) atoms. The van der Waals surface area contributed by atoms with Crippen molar-refractivity contribution in [2.45, 2.75) is 38.1 Å². The summed E-state index contributed by atoms with van der Waals surface area (Å²) in [6.45, 7) is 2.08. The van der Waals surface area contributed by atoms with Gasteiger partial charge in [0.05, 0.1) is 0 Å². The van der Waals surface area contributed by atoms with Gasteiger partial charge >= 0.3 is 0 Å². The maximum atomic E-state index is 6.01. The van der Waals surface area contributed by atoms with E-state index < -0.39 is 0 Å². The van der Waals surface area contributed by atoms with Gasteiger partial charge in [0.25, 0.3) is 0 Å². The van der Waals surface area contributed by atoms with Gasteiger partial charge in [-0.3, -0.25) is 0 Å². The molecule has 0 amide bonds. The lowest BCUT2D eigenvalue weighted by Gasteiger charge is -2.08. The lowest BCUT2D eigenvalue weighted by molar-refractivity contribution is 0.584. The van der Waals surface area contributed by atoms with Gasteiger partial charge in [0.15, 0.2) is 0 Å². The van der Waals surface area contributed by atoms with Crippen LogP contribution in [0, 0.1) is 6.92 Å². The molecule has 0 atom stereocenters. The van der Waals surface area contributed by atoms with Crippen LogP contribution in [-0.2, 0) is 13.5 Å². The maximum Gasteiger partial charge on any atom is 0.108 e. The maximum absolute atomic E-state index is 6.01. The Bertz CT molecular complexity index is 310. The fourth-order valence-corrected chi connectivity index (χ4v) is 1.55. The van der Waals surface area contributed by atoms with E-state index in [1.807, 2.05) is 6.20 Å². The molecule has 1 aromatic rings. The first-order chi connectivity index (χ1) is 6.11. The van der Waals surface area contributed by atoms with Gasteiger partial charge < -0.3 is 10.3 Å². The molecule has 1 fully saturated rings. The second-order valence-corrected chi connectivity index (χ2v) is 4.24. The molecule has 3 heteroatoms. The Labute approximate surface area is 79.0 Å². The molecule has 1 saturated carbocycles. The summed E-state index contributed by atoms with van der Waals surface area (Å²) in [5.41, 5.74) is 7.39. The normalized spacial score (nSPS) is 19.0. The Kier molecular flexibility index (Phi) is 1.91. The van der Waals surface area contributed by atoms with Crippen molar-refractivity contribution in [2.24, 2.45) is 12.8 Å². The molecule has 1 aromatic heterocycles. The van der Waals surface area contributed by atoms with E-state index in [4.69, 9.17) is 5.73 Å². The van der Waals surface area contributed by atoms with Gasteiger partial charge in [-0.1, -0.05) is 0 Å². The molecule has 2 N–H and O–H groups in total. The van der Waals surface area contributed by atoms with Crippen molar-refractivity contribution in [2.75, 3.05) is 0 Å². The molecule has 0 bridgehead atoms. The quantitative estimate of drug-likeness (QED) is 0.756. The fourth-order valence-electron chi connectivity index (χ4n) is 1.55. The van der Waals surface area contributed by atoms with Crippen LogP contribution in [0.25, 0.3) is 0 Å². The first-order valence-electron chi connectivity index (χ1n) is 4.87. The molecule has 0 radical (unpaired) electrons. The van der Waals surface area contributed by atoms with Crippen LogP contribution < -0.4 is 5.73 Å². The Morgan fingerprint density at radius 2 is 2.31 bits per heavy atom. The van der Waals surface area contributed by atoms with Crippen LogP contribution in [0.2, 0.25) is 0 Å². The van der Waals surface area contributed by atoms with Crippen molar-refractivity contribution in [3.05, 3.63) is 17.7 Å². The highest BCUT2D eigenvalue weighted by Gasteiger charge is 2.37. The van der Waals surface area contributed by atoms with Crippen molar-refractivity contribution in [1.82, 2.24) is 9.55 Å². The number of nitrogens with zero attached hydrogens (tertiary/aromatic N) is 2. The Balaban J connectivity index is 1.97. The summed E-state index contributed by atoms with van der Waals surface area (Å²) in [6.07, 6.45) is 6.40. The van der Waals surface area contributed by atoms with Crippen LogP contribution in [0.5, 0.6) is 0 Å². The number of hydrogen-bond donors (Lipinski definition) is 1. The Morgan fingerprint density at radius 3 is 2.77 bits per heavy atom. The van der Waals surface area contributed by atoms with E-state index in [1.165, 1.54) is 18.5 Å². The Morgan fingerprint density at radius 1 is 1.62 bits per heavy atom. The van der Waals surface area contributed by atoms with Crippen LogP contribution in [-0.4, -0.2) is 15.1 Å². The molecule has 0 unspecified atom stereocenters. The van der Waals surface area contributed by atoms with E-state index in [9.17, 15) is 0 Å². The summed E-state index contributed by atoms with van der Waals surface area (Å²) < 4.78 is 2.14. The van der Waals surface area contributed by atoms with Crippen molar-refractivity contribution >= 4 is 0 Å². The van der Waals surface area contributed by atoms with Gasteiger partial charge in [-0.25, -0.2) is 4.98 Å². The zero-order chi connectivity index (χ0) is 9.47. The van der Waals surface area contributed by atoms with Gasteiger partial charge in [0.1, 0.15) is 5.82 Å². The van der Waals surface area contributed by atoms with Gasteiger partial charge in [-0.2, -0.15) is 0 Å². The molecule has 2 rings (SSSR count). The average molecular weight is 179 g/mol. The fraction of sp³-hybridized carbons (Fsp3) is 0.700. The summed E-state index contributed by atoms with van der Waals surface area (Å²) in [4.78, 5) is 4.35. The van der Waals surface area contributed by atoms with Crippen LogP contribution in [0.1, 0.15) is 30.8 Å². The van der Waals surface area contributed by atoms with E-state index in [-0.39, 0.29) is 5.54 Å². The van der Waals surface area contributed by atoms with Crippen LogP contribution >= 0.6 is 0 Å². The first-order valence-corrected chi connectivity index (χ1v) is 4.87. The molecule has 3 nitrogen and oxygen atoms in total. The van der Waals surface area contributed by atoms with Crippen molar-refractivity contribution in [3.63, 3.8) is 0 Å². The SMILES string of the molecule is Cc1cnc(CCC2(N)CC2)n1C. The predicted molar refractivity (Wildman–Crippen MR) is 52.4 cm³/mol. The number of nitrogens with two attached hydrogens (primary N) is 1. The second-order valence-electron chi connectivity index (χ2n) is 4.24. The summed E-state index contributed by atoms with van der Waals surface area (Å²) in [5.74, 6) is 1.16. The van der Waals surface area contributed by atoms with E-state index >= 15 is 0 Å². The van der Waals surface area contributed by atoms with Crippen molar-refractivity contribution in [3.8, 4) is 0 Å². The minimum Gasteiger partial charge on any atom is -0.335 e. The number of aromatic nitrogens is 2.